The van der Waals surface area contributed by atoms with Crippen LogP contribution >= 0.6 is 11.3 Å². The number of pyridine rings is 2. The maximum Gasteiger partial charge on any atom is 0.416 e. The van der Waals surface area contributed by atoms with Gasteiger partial charge in [-0.2, -0.15) is 13.2 Å². The van der Waals surface area contributed by atoms with E-state index in [0.29, 0.717) is 40.7 Å². The molecule has 0 radical (unpaired) electrons. The van der Waals surface area contributed by atoms with Gasteiger partial charge in [0.15, 0.2) is 5.13 Å². The van der Waals surface area contributed by atoms with Gasteiger partial charge in [-0.05, 0) is 66.9 Å². The number of alkyl halides is 3. The molecule has 0 bridgehead atoms. The van der Waals surface area contributed by atoms with Crippen molar-refractivity contribution >= 4 is 39.8 Å². The molecular formula is C32H25F3N6O3S. The first-order chi connectivity index (χ1) is 21.7. The van der Waals surface area contributed by atoms with Crippen LogP contribution in [0.3, 0.4) is 0 Å². The molecule has 1 fully saturated rings. The molecule has 6 rings (SSSR count). The predicted octanol–water partition coefficient (Wildman–Crippen LogP) is 8.24. The molecule has 2 aromatic carbocycles. The first-order valence-electron chi connectivity index (χ1n) is 13.9. The second-order valence-electron chi connectivity index (χ2n) is 10.1. The highest BCUT2D eigenvalue weighted by Crippen LogP contribution is 2.36. The van der Waals surface area contributed by atoms with Gasteiger partial charge >= 0.3 is 12.2 Å². The Kier molecular flexibility index (Phi) is 8.43. The number of hydrogen-bond donors (Lipinski definition) is 2. The number of aromatic nitrogens is 3. The third kappa shape index (κ3) is 7.10. The second-order valence-corrected chi connectivity index (χ2v) is 11.1. The quantitative estimate of drug-likeness (QED) is 0.188. The van der Waals surface area contributed by atoms with Gasteiger partial charge in [-0.1, -0.05) is 23.5 Å². The van der Waals surface area contributed by atoms with Crippen molar-refractivity contribution in [3.8, 4) is 33.2 Å². The van der Waals surface area contributed by atoms with Crippen LogP contribution in [-0.4, -0.2) is 33.4 Å². The fourth-order valence-corrected chi connectivity index (χ4v) is 5.70. The summed E-state index contributed by atoms with van der Waals surface area (Å²) < 4.78 is 46.0. The molecule has 0 atom stereocenters. The van der Waals surface area contributed by atoms with Crippen LogP contribution in [0, 0.1) is 0 Å². The molecule has 45 heavy (non-hydrogen) atoms. The third-order valence-electron chi connectivity index (χ3n) is 6.97. The summed E-state index contributed by atoms with van der Waals surface area (Å²) in [6.45, 7) is 0.688. The Morgan fingerprint density at radius 3 is 2.47 bits per heavy atom. The maximum absolute atomic E-state index is 13.4. The Bertz CT molecular complexity index is 1810. The molecule has 0 aliphatic carbocycles. The SMILES string of the molecule is O=C(Nc1ccc(Oc2ccc(-c3cnc(N4CCCCC4=O)s3)cc2)nc1)Nc1cc(C(F)(F)F)ccc1-c1cccnc1. The minimum absolute atomic E-state index is 0.0266. The van der Waals surface area contributed by atoms with Crippen molar-refractivity contribution < 1.29 is 27.5 Å². The molecule has 1 saturated heterocycles. The Hall–Kier alpha value is -5.30. The predicted molar refractivity (Wildman–Crippen MR) is 165 cm³/mol. The summed E-state index contributed by atoms with van der Waals surface area (Å²) in [5, 5.41) is 5.78. The number of urea groups is 1. The topological polar surface area (TPSA) is 109 Å². The highest BCUT2D eigenvalue weighted by atomic mass is 32.1. The van der Waals surface area contributed by atoms with Gasteiger partial charge in [0.25, 0.3) is 0 Å². The van der Waals surface area contributed by atoms with Crippen LogP contribution in [-0.2, 0) is 11.0 Å². The van der Waals surface area contributed by atoms with E-state index in [9.17, 15) is 22.8 Å². The van der Waals surface area contributed by atoms with Crippen LogP contribution in [0.15, 0.2) is 91.5 Å². The summed E-state index contributed by atoms with van der Waals surface area (Å²) in [4.78, 5) is 40.3. The van der Waals surface area contributed by atoms with E-state index in [1.165, 1.54) is 29.8 Å². The van der Waals surface area contributed by atoms with Gasteiger partial charge in [0.1, 0.15) is 5.75 Å². The number of rotatable bonds is 7. The first-order valence-corrected chi connectivity index (χ1v) is 14.7. The summed E-state index contributed by atoms with van der Waals surface area (Å²) in [6.07, 6.45) is 4.02. The van der Waals surface area contributed by atoms with Crippen molar-refractivity contribution in [1.29, 1.82) is 0 Å². The van der Waals surface area contributed by atoms with E-state index in [1.807, 2.05) is 12.1 Å². The molecule has 0 unspecified atom stereocenters. The zero-order valence-electron chi connectivity index (χ0n) is 23.5. The van der Waals surface area contributed by atoms with E-state index in [4.69, 9.17) is 4.74 Å². The number of benzene rings is 2. The van der Waals surface area contributed by atoms with Crippen LogP contribution < -0.4 is 20.3 Å². The summed E-state index contributed by atoms with van der Waals surface area (Å²) in [5.74, 6) is 0.910. The number of thiazole rings is 1. The standard InChI is InChI=1S/C32H25F3N6O3S/c33-32(34,35)22-8-12-25(21-4-3-14-36-17-21)26(16-22)40-30(43)39-23-9-13-28(37-18-23)44-24-10-6-20(7-11-24)27-19-38-31(45-27)41-15-2-1-5-29(41)42/h3-4,6-14,16-19H,1-2,5,15H2,(H2,39,40,43). The highest BCUT2D eigenvalue weighted by molar-refractivity contribution is 7.19. The van der Waals surface area contributed by atoms with Crippen LogP contribution in [0.4, 0.5) is 34.5 Å². The number of piperidine rings is 1. The summed E-state index contributed by atoms with van der Waals surface area (Å²) in [5.41, 5.74) is 1.24. The molecule has 3 aromatic heterocycles. The van der Waals surface area contributed by atoms with Gasteiger partial charge in [-0.3, -0.25) is 14.7 Å². The fourth-order valence-electron chi connectivity index (χ4n) is 4.74. The van der Waals surface area contributed by atoms with Crippen LogP contribution in [0.1, 0.15) is 24.8 Å². The lowest BCUT2D eigenvalue weighted by molar-refractivity contribution is -0.137. The minimum atomic E-state index is -4.58. The highest BCUT2D eigenvalue weighted by Gasteiger charge is 2.31. The number of carbonyl (C=O) groups excluding carboxylic acids is 2. The van der Waals surface area contributed by atoms with Crippen molar-refractivity contribution in [1.82, 2.24) is 15.0 Å². The van der Waals surface area contributed by atoms with Crippen LogP contribution in [0.25, 0.3) is 21.6 Å². The number of amides is 3. The molecule has 0 saturated carbocycles. The van der Waals surface area contributed by atoms with Gasteiger partial charge in [-0.15, -0.1) is 0 Å². The number of anilines is 3. The van der Waals surface area contributed by atoms with Crippen molar-refractivity contribution in [3.63, 3.8) is 0 Å². The zero-order chi connectivity index (χ0) is 31.4. The Balaban J connectivity index is 1.08. The third-order valence-corrected chi connectivity index (χ3v) is 8.04. The van der Waals surface area contributed by atoms with Gasteiger partial charge in [-0.25, -0.2) is 14.8 Å². The number of nitrogens with one attached hydrogen (secondary N) is 2. The van der Waals surface area contributed by atoms with Crippen molar-refractivity contribution in [2.24, 2.45) is 0 Å². The summed E-state index contributed by atoms with van der Waals surface area (Å²) in [6, 6.07) is 16.2. The fraction of sp³-hybridized carbons (Fsp3) is 0.156. The van der Waals surface area contributed by atoms with Crippen molar-refractivity contribution in [2.45, 2.75) is 25.4 Å². The molecule has 5 aromatic rings. The lowest BCUT2D eigenvalue weighted by atomic mass is 10.0. The van der Waals surface area contributed by atoms with Gasteiger partial charge < -0.3 is 15.4 Å². The summed E-state index contributed by atoms with van der Waals surface area (Å²) >= 11 is 1.46. The van der Waals surface area contributed by atoms with Crippen LogP contribution in [0.5, 0.6) is 11.6 Å². The monoisotopic (exact) mass is 630 g/mol. The summed E-state index contributed by atoms with van der Waals surface area (Å²) in [7, 11) is 0. The van der Waals surface area contributed by atoms with E-state index in [1.54, 1.807) is 53.7 Å². The van der Waals surface area contributed by atoms with Crippen LogP contribution in [0.2, 0.25) is 0 Å². The van der Waals surface area contributed by atoms with E-state index in [-0.39, 0.29) is 17.5 Å². The van der Waals surface area contributed by atoms with E-state index in [2.05, 4.69) is 25.6 Å². The second kappa shape index (κ2) is 12.7. The molecule has 228 valence electrons. The molecule has 1 aliphatic heterocycles. The molecule has 1 aliphatic rings. The lowest BCUT2D eigenvalue weighted by Crippen LogP contribution is -2.34. The Morgan fingerprint density at radius 1 is 0.911 bits per heavy atom. The number of ether oxygens (including phenoxy) is 1. The maximum atomic E-state index is 13.4. The van der Waals surface area contributed by atoms with Gasteiger partial charge in [0, 0.05) is 48.7 Å². The molecule has 4 heterocycles. The van der Waals surface area contributed by atoms with Crippen molar-refractivity contribution in [3.05, 3.63) is 97.1 Å². The molecular weight excluding hydrogens is 605 g/mol. The number of nitrogens with zero attached hydrogens (tertiary/aromatic N) is 4. The smallest absolute Gasteiger partial charge is 0.416 e. The normalized spacial score (nSPS) is 13.4. The van der Waals surface area contributed by atoms with E-state index < -0.39 is 17.8 Å². The average molecular weight is 631 g/mol. The minimum Gasteiger partial charge on any atom is -0.439 e. The van der Waals surface area contributed by atoms with Gasteiger partial charge in [0.2, 0.25) is 11.8 Å². The number of halogens is 3. The number of carbonyl (C=O) groups is 2. The van der Waals surface area contributed by atoms with Crippen molar-refractivity contribution in [2.75, 3.05) is 22.1 Å². The molecule has 2 N–H and O–H groups in total. The first kappa shape index (κ1) is 29.8. The molecule has 0 spiro atoms. The van der Waals surface area contributed by atoms with E-state index >= 15 is 0 Å². The average Bonchev–Trinajstić information content (AvgIpc) is 3.53. The molecule has 9 nitrogen and oxygen atoms in total. The Labute approximate surface area is 259 Å². The zero-order valence-corrected chi connectivity index (χ0v) is 24.4. The molecule has 3 amide bonds. The number of hydrogen-bond acceptors (Lipinski definition) is 7. The van der Waals surface area contributed by atoms with E-state index in [0.717, 1.165) is 35.4 Å². The molecule has 13 heteroatoms. The Morgan fingerprint density at radius 2 is 1.76 bits per heavy atom. The van der Waals surface area contributed by atoms with Gasteiger partial charge in [0.05, 0.1) is 28.0 Å². The largest absolute Gasteiger partial charge is 0.439 e. The lowest BCUT2D eigenvalue weighted by Gasteiger charge is -2.23.